The first-order valence-electron chi connectivity index (χ1n) is 6.05. The minimum absolute atomic E-state index is 0.225. The van der Waals surface area contributed by atoms with E-state index in [0.717, 1.165) is 24.8 Å². The van der Waals surface area contributed by atoms with Gasteiger partial charge in [0.15, 0.2) is 0 Å². The molecule has 2 rings (SSSR count). The van der Waals surface area contributed by atoms with Crippen molar-refractivity contribution in [2.24, 2.45) is 5.92 Å². The molecule has 88 valence electrons. The van der Waals surface area contributed by atoms with Gasteiger partial charge in [-0.3, -0.25) is 0 Å². The largest absolute Gasteiger partial charge is 0.390 e. The Morgan fingerprint density at radius 2 is 2.06 bits per heavy atom. The molecule has 16 heavy (non-hydrogen) atoms. The summed E-state index contributed by atoms with van der Waals surface area (Å²) in [4.78, 5) is 0. The maximum Gasteiger partial charge on any atom is 0.0793 e. The van der Waals surface area contributed by atoms with E-state index in [2.05, 4.69) is 0 Å². The van der Waals surface area contributed by atoms with Gasteiger partial charge in [0.05, 0.1) is 11.7 Å². The third kappa shape index (κ3) is 2.45. The van der Waals surface area contributed by atoms with Gasteiger partial charge >= 0.3 is 0 Å². The molecule has 0 heterocycles. The number of benzene rings is 1. The van der Waals surface area contributed by atoms with Gasteiger partial charge < -0.3 is 10.2 Å². The normalized spacial score (nSPS) is 31.6. The van der Waals surface area contributed by atoms with Crippen molar-refractivity contribution in [2.45, 2.75) is 44.3 Å². The van der Waals surface area contributed by atoms with Crippen molar-refractivity contribution in [3.63, 3.8) is 0 Å². The van der Waals surface area contributed by atoms with Crippen LogP contribution in [0.1, 0.15) is 44.3 Å². The lowest BCUT2D eigenvalue weighted by Gasteiger charge is -2.27. The second-order valence-electron chi connectivity index (χ2n) is 5.11. The highest BCUT2D eigenvalue weighted by Crippen LogP contribution is 2.40. The Labute approximate surface area is 96.9 Å². The van der Waals surface area contributed by atoms with Gasteiger partial charge in [0, 0.05) is 0 Å². The van der Waals surface area contributed by atoms with E-state index in [-0.39, 0.29) is 5.92 Å². The van der Waals surface area contributed by atoms with Crippen LogP contribution in [-0.2, 0) is 0 Å². The predicted molar refractivity (Wildman–Crippen MR) is 64.0 cm³/mol. The van der Waals surface area contributed by atoms with Crippen LogP contribution in [0.15, 0.2) is 30.3 Å². The van der Waals surface area contributed by atoms with Crippen molar-refractivity contribution in [3.8, 4) is 0 Å². The van der Waals surface area contributed by atoms with Gasteiger partial charge in [0.2, 0.25) is 0 Å². The van der Waals surface area contributed by atoms with Crippen molar-refractivity contribution < 1.29 is 10.2 Å². The van der Waals surface area contributed by atoms with E-state index in [0.29, 0.717) is 6.42 Å². The number of aliphatic hydroxyl groups excluding tert-OH is 1. The SMILES string of the molecule is C[C@]1(O)CCC[C@@H]1CC(O)c1ccccc1. The lowest BCUT2D eigenvalue weighted by Crippen LogP contribution is -2.30. The third-order valence-corrected chi connectivity index (χ3v) is 3.81. The molecule has 3 atom stereocenters. The average Bonchev–Trinajstić information content (AvgIpc) is 2.59. The molecule has 1 aromatic carbocycles. The predicted octanol–water partition coefficient (Wildman–Crippen LogP) is 2.66. The van der Waals surface area contributed by atoms with Crippen molar-refractivity contribution in [3.05, 3.63) is 35.9 Å². The molecule has 0 saturated heterocycles. The maximum absolute atomic E-state index is 10.1. The quantitative estimate of drug-likeness (QED) is 0.822. The van der Waals surface area contributed by atoms with Gasteiger partial charge in [0.1, 0.15) is 0 Å². The van der Waals surface area contributed by atoms with E-state index >= 15 is 0 Å². The summed E-state index contributed by atoms with van der Waals surface area (Å²) in [5.74, 6) is 0.225. The fourth-order valence-corrected chi connectivity index (χ4v) is 2.67. The molecule has 0 radical (unpaired) electrons. The Balaban J connectivity index is 2.00. The topological polar surface area (TPSA) is 40.5 Å². The molecule has 2 heteroatoms. The lowest BCUT2D eigenvalue weighted by molar-refractivity contribution is -0.00175. The molecule has 0 aliphatic heterocycles. The van der Waals surface area contributed by atoms with E-state index in [4.69, 9.17) is 0 Å². The monoisotopic (exact) mass is 220 g/mol. The average molecular weight is 220 g/mol. The zero-order valence-corrected chi connectivity index (χ0v) is 9.76. The fourth-order valence-electron chi connectivity index (χ4n) is 2.67. The van der Waals surface area contributed by atoms with Crippen LogP contribution < -0.4 is 0 Å². The Hall–Kier alpha value is -0.860. The van der Waals surface area contributed by atoms with Gasteiger partial charge in [-0.15, -0.1) is 0 Å². The minimum Gasteiger partial charge on any atom is -0.390 e. The van der Waals surface area contributed by atoms with E-state index in [9.17, 15) is 10.2 Å². The van der Waals surface area contributed by atoms with Crippen LogP contribution in [0.25, 0.3) is 0 Å². The van der Waals surface area contributed by atoms with Crippen LogP contribution in [0.2, 0.25) is 0 Å². The van der Waals surface area contributed by atoms with Crippen molar-refractivity contribution in [1.82, 2.24) is 0 Å². The van der Waals surface area contributed by atoms with Gasteiger partial charge in [-0.05, 0) is 37.7 Å². The summed E-state index contributed by atoms with van der Waals surface area (Å²) in [6, 6.07) is 9.70. The van der Waals surface area contributed by atoms with Crippen molar-refractivity contribution >= 4 is 0 Å². The highest BCUT2D eigenvalue weighted by Gasteiger charge is 2.37. The zero-order valence-electron chi connectivity index (χ0n) is 9.76. The lowest BCUT2D eigenvalue weighted by atomic mass is 9.86. The Bertz CT molecular complexity index is 332. The molecule has 0 amide bonds. The van der Waals surface area contributed by atoms with Crippen molar-refractivity contribution in [1.29, 1.82) is 0 Å². The molecular weight excluding hydrogens is 200 g/mol. The van der Waals surface area contributed by atoms with Crippen LogP contribution in [-0.4, -0.2) is 15.8 Å². The summed E-state index contributed by atoms with van der Waals surface area (Å²) in [5, 5.41) is 20.2. The van der Waals surface area contributed by atoms with Crippen LogP contribution >= 0.6 is 0 Å². The van der Waals surface area contributed by atoms with Crippen molar-refractivity contribution in [2.75, 3.05) is 0 Å². The first-order chi connectivity index (χ1) is 7.59. The van der Waals surface area contributed by atoms with E-state index in [1.54, 1.807) is 0 Å². The summed E-state index contributed by atoms with van der Waals surface area (Å²) in [7, 11) is 0. The molecular formula is C14H20O2. The third-order valence-electron chi connectivity index (χ3n) is 3.81. The minimum atomic E-state index is -0.588. The molecule has 1 saturated carbocycles. The standard InChI is InChI=1S/C14H20O2/c1-14(16)9-5-8-12(14)10-13(15)11-6-3-2-4-7-11/h2-4,6-7,12-13,15-16H,5,8-10H2,1H3/t12-,13?,14+/m1/s1. The molecule has 1 unspecified atom stereocenters. The second kappa shape index (κ2) is 4.56. The van der Waals surface area contributed by atoms with Gasteiger partial charge in [-0.25, -0.2) is 0 Å². The molecule has 1 fully saturated rings. The van der Waals surface area contributed by atoms with Crippen LogP contribution in [0.5, 0.6) is 0 Å². The number of rotatable bonds is 3. The smallest absolute Gasteiger partial charge is 0.0793 e. The molecule has 2 N–H and O–H groups in total. The summed E-state index contributed by atoms with van der Waals surface area (Å²) in [5.41, 5.74) is 0.362. The van der Waals surface area contributed by atoms with Crippen LogP contribution in [0, 0.1) is 5.92 Å². The summed E-state index contributed by atoms with van der Waals surface area (Å²) in [6.45, 7) is 1.89. The molecule has 1 aliphatic carbocycles. The Morgan fingerprint density at radius 3 is 2.62 bits per heavy atom. The number of hydrogen-bond acceptors (Lipinski definition) is 2. The molecule has 1 aliphatic rings. The first-order valence-corrected chi connectivity index (χ1v) is 6.05. The van der Waals surface area contributed by atoms with E-state index in [1.807, 2.05) is 37.3 Å². The van der Waals surface area contributed by atoms with Gasteiger partial charge in [0.25, 0.3) is 0 Å². The highest BCUT2D eigenvalue weighted by atomic mass is 16.3. The molecule has 0 bridgehead atoms. The Kier molecular flexibility index (Phi) is 3.31. The van der Waals surface area contributed by atoms with Gasteiger partial charge in [-0.2, -0.15) is 0 Å². The fraction of sp³-hybridized carbons (Fsp3) is 0.571. The summed E-state index contributed by atoms with van der Waals surface area (Å²) >= 11 is 0. The van der Waals surface area contributed by atoms with Crippen LogP contribution in [0.3, 0.4) is 0 Å². The first kappa shape index (κ1) is 11.6. The van der Waals surface area contributed by atoms with E-state index in [1.165, 1.54) is 0 Å². The summed E-state index contributed by atoms with van der Waals surface area (Å²) < 4.78 is 0. The Morgan fingerprint density at radius 1 is 1.38 bits per heavy atom. The zero-order chi connectivity index (χ0) is 11.6. The van der Waals surface area contributed by atoms with E-state index < -0.39 is 11.7 Å². The maximum atomic E-state index is 10.1. The number of hydrogen-bond donors (Lipinski definition) is 2. The molecule has 0 aromatic heterocycles. The second-order valence-corrected chi connectivity index (χ2v) is 5.11. The molecule has 2 nitrogen and oxygen atoms in total. The molecule has 0 spiro atoms. The molecule has 1 aromatic rings. The van der Waals surface area contributed by atoms with Crippen LogP contribution in [0.4, 0.5) is 0 Å². The highest BCUT2D eigenvalue weighted by molar-refractivity contribution is 5.17. The number of aliphatic hydroxyl groups is 2. The summed E-state index contributed by atoms with van der Waals surface area (Å²) in [6.07, 6.45) is 3.17. The van der Waals surface area contributed by atoms with Gasteiger partial charge in [-0.1, -0.05) is 36.8 Å².